The summed E-state index contributed by atoms with van der Waals surface area (Å²) in [6, 6.07) is 4.74. The van der Waals surface area contributed by atoms with Crippen LogP contribution in [-0.2, 0) is 21.2 Å². The molecule has 26 heavy (non-hydrogen) atoms. The van der Waals surface area contributed by atoms with Crippen molar-refractivity contribution in [1.82, 2.24) is 14.4 Å². The fraction of sp³-hybridized carbons (Fsp3) is 0.412. The molecule has 0 radical (unpaired) electrons. The largest absolute Gasteiger partial charge is 0.361 e. The molecule has 0 N–H and O–H groups in total. The molecule has 140 valence electrons. The number of nitrogens with zero attached hydrogens (tertiary/aromatic N) is 3. The molecule has 1 aromatic carbocycles. The molecule has 1 amide bonds. The highest BCUT2D eigenvalue weighted by atomic mass is 32.2. The van der Waals surface area contributed by atoms with Gasteiger partial charge >= 0.3 is 0 Å². The number of hydrogen-bond acceptors (Lipinski definition) is 5. The molecule has 3 rings (SSSR count). The zero-order valence-corrected chi connectivity index (χ0v) is 15.4. The highest BCUT2D eigenvalue weighted by molar-refractivity contribution is 7.89. The fourth-order valence-electron chi connectivity index (χ4n) is 2.95. The highest BCUT2D eigenvalue weighted by Gasteiger charge is 2.30. The Morgan fingerprint density at radius 1 is 1.15 bits per heavy atom. The SMILES string of the molecule is Cc1noc(C)c1CC(=O)N1CCN(S(=O)(=O)c2ccc(F)cc2)CC1. The highest BCUT2D eigenvalue weighted by Crippen LogP contribution is 2.19. The van der Waals surface area contributed by atoms with Crippen LogP contribution < -0.4 is 0 Å². The van der Waals surface area contributed by atoms with Gasteiger partial charge in [0.15, 0.2) is 0 Å². The van der Waals surface area contributed by atoms with E-state index in [1.54, 1.807) is 18.7 Å². The summed E-state index contributed by atoms with van der Waals surface area (Å²) in [6.45, 7) is 4.56. The third-order valence-corrected chi connectivity index (χ3v) is 6.46. The predicted molar refractivity (Wildman–Crippen MR) is 91.4 cm³/mol. The van der Waals surface area contributed by atoms with Gasteiger partial charge in [0.05, 0.1) is 17.0 Å². The van der Waals surface area contributed by atoms with Gasteiger partial charge in [0.1, 0.15) is 11.6 Å². The van der Waals surface area contributed by atoms with E-state index in [-0.39, 0.29) is 30.3 Å². The second-order valence-electron chi connectivity index (χ2n) is 6.22. The van der Waals surface area contributed by atoms with Gasteiger partial charge in [-0.15, -0.1) is 0 Å². The topological polar surface area (TPSA) is 83.7 Å². The third kappa shape index (κ3) is 3.63. The van der Waals surface area contributed by atoms with Crippen molar-refractivity contribution in [3.8, 4) is 0 Å². The first-order chi connectivity index (χ1) is 12.3. The van der Waals surface area contributed by atoms with Gasteiger partial charge in [0, 0.05) is 31.7 Å². The number of amides is 1. The molecule has 0 saturated carbocycles. The predicted octanol–water partition coefficient (Wildman–Crippen LogP) is 1.51. The average molecular weight is 381 g/mol. The maximum Gasteiger partial charge on any atom is 0.243 e. The molecule has 9 heteroatoms. The Labute approximate surface area is 151 Å². The van der Waals surface area contributed by atoms with Crippen LogP contribution in [0.15, 0.2) is 33.7 Å². The Kier molecular flexibility index (Phi) is 5.10. The number of carbonyl (C=O) groups is 1. The van der Waals surface area contributed by atoms with E-state index in [0.29, 0.717) is 24.5 Å². The molecule has 0 bridgehead atoms. The van der Waals surface area contributed by atoms with E-state index in [1.807, 2.05) is 0 Å². The molecule has 2 aromatic rings. The number of aryl methyl sites for hydroxylation is 2. The van der Waals surface area contributed by atoms with Crippen LogP contribution >= 0.6 is 0 Å². The number of benzene rings is 1. The fourth-order valence-corrected chi connectivity index (χ4v) is 4.37. The summed E-state index contributed by atoms with van der Waals surface area (Å²) in [5.74, 6) is 0.0466. The summed E-state index contributed by atoms with van der Waals surface area (Å²) in [4.78, 5) is 14.2. The molecule has 0 aliphatic carbocycles. The molecule has 1 aliphatic heterocycles. The van der Waals surface area contributed by atoms with E-state index >= 15 is 0 Å². The first kappa shape index (κ1) is 18.5. The number of piperazine rings is 1. The molecule has 2 heterocycles. The van der Waals surface area contributed by atoms with Crippen LogP contribution in [0.5, 0.6) is 0 Å². The monoisotopic (exact) mass is 381 g/mol. The quantitative estimate of drug-likeness (QED) is 0.802. The zero-order valence-electron chi connectivity index (χ0n) is 14.6. The molecule has 1 aliphatic rings. The van der Waals surface area contributed by atoms with E-state index < -0.39 is 15.8 Å². The molecule has 7 nitrogen and oxygen atoms in total. The molecule has 1 fully saturated rings. The third-order valence-electron chi connectivity index (χ3n) is 4.55. The lowest BCUT2D eigenvalue weighted by molar-refractivity contribution is -0.131. The second-order valence-corrected chi connectivity index (χ2v) is 8.16. The lowest BCUT2D eigenvalue weighted by Crippen LogP contribution is -2.50. The van der Waals surface area contributed by atoms with E-state index in [4.69, 9.17) is 4.52 Å². The van der Waals surface area contributed by atoms with Crippen LogP contribution in [0.4, 0.5) is 4.39 Å². The van der Waals surface area contributed by atoms with Gasteiger partial charge in [0.2, 0.25) is 15.9 Å². The average Bonchev–Trinajstić information content (AvgIpc) is 2.94. The Bertz CT molecular complexity index is 881. The Hall–Kier alpha value is -2.26. The number of rotatable bonds is 4. The first-order valence-electron chi connectivity index (χ1n) is 8.24. The summed E-state index contributed by atoms with van der Waals surface area (Å²) in [5.41, 5.74) is 1.46. The summed E-state index contributed by atoms with van der Waals surface area (Å²) < 4.78 is 44.6. The maximum absolute atomic E-state index is 13.0. The van der Waals surface area contributed by atoms with Crippen molar-refractivity contribution in [2.75, 3.05) is 26.2 Å². The van der Waals surface area contributed by atoms with Crippen LogP contribution in [0.1, 0.15) is 17.0 Å². The number of hydrogen-bond donors (Lipinski definition) is 0. The van der Waals surface area contributed by atoms with Crippen molar-refractivity contribution in [3.63, 3.8) is 0 Å². The van der Waals surface area contributed by atoms with Gasteiger partial charge < -0.3 is 9.42 Å². The van der Waals surface area contributed by atoms with Crippen LogP contribution in [0.2, 0.25) is 0 Å². The van der Waals surface area contributed by atoms with Crippen LogP contribution in [-0.4, -0.2) is 54.9 Å². The molecular weight excluding hydrogens is 361 g/mol. The second kappa shape index (κ2) is 7.16. The Morgan fingerprint density at radius 3 is 2.31 bits per heavy atom. The number of carbonyl (C=O) groups excluding carboxylic acids is 1. The number of halogens is 1. The van der Waals surface area contributed by atoms with Crippen molar-refractivity contribution in [3.05, 3.63) is 47.1 Å². The van der Waals surface area contributed by atoms with Gasteiger partial charge in [-0.3, -0.25) is 4.79 Å². The van der Waals surface area contributed by atoms with Crippen LogP contribution in [0.3, 0.4) is 0 Å². The van der Waals surface area contributed by atoms with Gasteiger partial charge in [-0.25, -0.2) is 12.8 Å². The summed E-state index contributed by atoms with van der Waals surface area (Å²) in [7, 11) is -3.69. The van der Waals surface area contributed by atoms with Crippen molar-refractivity contribution in [2.45, 2.75) is 25.2 Å². The van der Waals surface area contributed by atoms with Crippen molar-refractivity contribution < 1.29 is 22.1 Å². The number of aromatic nitrogens is 1. The molecule has 1 aromatic heterocycles. The van der Waals surface area contributed by atoms with Gasteiger partial charge in [-0.2, -0.15) is 4.31 Å². The lowest BCUT2D eigenvalue weighted by atomic mass is 10.1. The smallest absolute Gasteiger partial charge is 0.243 e. The van der Waals surface area contributed by atoms with Crippen molar-refractivity contribution >= 4 is 15.9 Å². The summed E-state index contributed by atoms with van der Waals surface area (Å²) >= 11 is 0. The minimum atomic E-state index is -3.69. The maximum atomic E-state index is 13.0. The van der Waals surface area contributed by atoms with Crippen molar-refractivity contribution in [1.29, 1.82) is 0 Å². The Balaban J connectivity index is 1.63. The Morgan fingerprint density at radius 2 is 1.77 bits per heavy atom. The number of sulfonamides is 1. The summed E-state index contributed by atoms with van der Waals surface area (Å²) in [5, 5.41) is 3.84. The lowest BCUT2D eigenvalue weighted by Gasteiger charge is -2.34. The zero-order chi connectivity index (χ0) is 18.9. The minimum Gasteiger partial charge on any atom is -0.361 e. The van der Waals surface area contributed by atoms with E-state index in [1.165, 1.54) is 16.4 Å². The first-order valence-corrected chi connectivity index (χ1v) is 9.68. The van der Waals surface area contributed by atoms with E-state index in [0.717, 1.165) is 17.7 Å². The van der Waals surface area contributed by atoms with Crippen LogP contribution in [0, 0.1) is 19.7 Å². The normalized spacial score (nSPS) is 16.0. The molecule has 0 unspecified atom stereocenters. The van der Waals surface area contributed by atoms with E-state index in [2.05, 4.69) is 5.16 Å². The standard InChI is InChI=1S/C17H20FN3O4S/c1-12-16(13(2)25-19-12)11-17(22)20-7-9-21(10-8-20)26(23,24)15-5-3-14(18)4-6-15/h3-6H,7-11H2,1-2H3. The minimum absolute atomic E-state index is 0.0504. The summed E-state index contributed by atoms with van der Waals surface area (Å²) in [6.07, 6.45) is 0.186. The van der Waals surface area contributed by atoms with Gasteiger partial charge in [-0.05, 0) is 38.1 Å². The molecular formula is C17H20FN3O4S. The molecule has 1 saturated heterocycles. The van der Waals surface area contributed by atoms with Crippen molar-refractivity contribution in [2.24, 2.45) is 0 Å². The molecule has 0 spiro atoms. The van der Waals surface area contributed by atoms with Gasteiger partial charge in [0.25, 0.3) is 0 Å². The van der Waals surface area contributed by atoms with E-state index in [9.17, 15) is 17.6 Å². The van der Waals surface area contributed by atoms with Crippen LogP contribution in [0.25, 0.3) is 0 Å². The molecule has 0 atom stereocenters. The van der Waals surface area contributed by atoms with Gasteiger partial charge in [-0.1, -0.05) is 5.16 Å².